The number of nitrogens with one attached hydrogen (secondary N) is 1. The van der Waals surface area contributed by atoms with Crippen molar-refractivity contribution in [3.63, 3.8) is 0 Å². The molecular formula is C12H27N3O2S. The van der Waals surface area contributed by atoms with E-state index in [2.05, 4.69) is 5.32 Å². The molecule has 108 valence electrons. The number of hydrogen-bond donors (Lipinski definition) is 1. The Labute approximate surface area is 112 Å². The van der Waals surface area contributed by atoms with Gasteiger partial charge in [0.05, 0.1) is 5.25 Å². The first kappa shape index (κ1) is 15.9. The second-order valence-corrected chi connectivity index (χ2v) is 7.43. The van der Waals surface area contributed by atoms with Gasteiger partial charge >= 0.3 is 0 Å². The summed E-state index contributed by atoms with van der Waals surface area (Å²) in [5, 5.41) is 2.95. The molecule has 0 amide bonds. The van der Waals surface area contributed by atoms with Crippen LogP contribution in [0.1, 0.15) is 26.2 Å². The maximum Gasteiger partial charge on any atom is 0.218 e. The molecule has 0 saturated carbocycles. The van der Waals surface area contributed by atoms with Gasteiger partial charge in [-0.3, -0.25) is 0 Å². The van der Waals surface area contributed by atoms with E-state index in [4.69, 9.17) is 0 Å². The molecule has 1 fully saturated rings. The van der Waals surface area contributed by atoms with Crippen LogP contribution in [0.2, 0.25) is 0 Å². The fourth-order valence-corrected chi connectivity index (χ4v) is 4.20. The van der Waals surface area contributed by atoms with Crippen LogP contribution in [0, 0.1) is 0 Å². The van der Waals surface area contributed by atoms with E-state index in [1.807, 2.05) is 25.9 Å². The van der Waals surface area contributed by atoms with E-state index in [1.165, 1.54) is 0 Å². The molecule has 0 aromatic rings. The highest BCUT2D eigenvalue weighted by molar-refractivity contribution is 7.89. The van der Waals surface area contributed by atoms with Crippen molar-refractivity contribution < 1.29 is 8.42 Å². The van der Waals surface area contributed by atoms with E-state index in [-0.39, 0.29) is 5.25 Å². The lowest BCUT2D eigenvalue weighted by Gasteiger charge is -2.30. The van der Waals surface area contributed by atoms with Gasteiger partial charge in [-0.2, -0.15) is 0 Å². The smallest absolute Gasteiger partial charge is 0.218 e. The molecule has 0 spiro atoms. The van der Waals surface area contributed by atoms with Gasteiger partial charge in [0, 0.05) is 26.2 Å². The van der Waals surface area contributed by atoms with Crippen LogP contribution in [-0.2, 0) is 10.0 Å². The van der Waals surface area contributed by atoms with Gasteiger partial charge in [-0.15, -0.1) is 0 Å². The molecule has 1 atom stereocenters. The van der Waals surface area contributed by atoms with Crippen molar-refractivity contribution in [1.29, 1.82) is 0 Å². The number of likely N-dealkylation sites (N-methyl/N-ethyl adjacent to an activating group) is 1. The van der Waals surface area contributed by atoms with E-state index in [9.17, 15) is 8.42 Å². The summed E-state index contributed by atoms with van der Waals surface area (Å²) >= 11 is 0. The molecule has 0 bridgehead atoms. The van der Waals surface area contributed by atoms with Crippen LogP contribution in [0.15, 0.2) is 0 Å². The molecule has 0 aromatic carbocycles. The van der Waals surface area contributed by atoms with Crippen LogP contribution in [0.4, 0.5) is 0 Å². The predicted molar refractivity (Wildman–Crippen MR) is 75.2 cm³/mol. The van der Waals surface area contributed by atoms with Crippen LogP contribution in [-0.4, -0.2) is 69.7 Å². The largest absolute Gasteiger partial charge is 0.315 e. The number of sulfonamides is 1. The van der Waals surface area contributed by atoms with Gasteiger partial charge in [0.2, 0.25) is 10.0 Å². The Balaban J connectivity index is 2.68. The second kappa shape index (κ2) is 7.43. The van der Waals surface area contributed by atoms with Crippen molar-refractivity contribution in [2.75, 3.05) is 46.8 Å². The van der Waals surface area contributed by atoms with Crippen molar-refractivity contribution in [3.8, 4) is 0 Å². The standard InChI is InChI=1S/C12H27N3O2S/c1-4-8-15(10-9-14(2)3)18(16,17)12-6-5-7-13-11-12/h12-13H,4-11H2,1-3H3. The monoisotopic (exact) mass is 277 g/mol. The van der Waals surface area contributed by atoms with Crippen molar-refractivity contribution in [2.45, 2.75) is 31.4 Å². The maximum atomic E-state index is 12.6. The number of hydrogen-bond acceptors (Lipinski definition) is 4. The average molecular weight is 277 g/mol. The molecular weight excluding hydrogens is 250 g/mol. The first-order chi connectivity index (χ1) is 8.48. The zero-order valence-corrected chi connectivity index (χ0v) is 12.7. The molecule has 5 nitrogen and oxygen atoms in total. The Morgan fingerprint density at radius 2 is 1.94 bits per heavy atom. The Hall–Kier alpha value is -0.170. The molecule has 6 heteroatoms. The lowest BCUT2D eigenvalue weighted by molar-refractivity contribution is 0.327. The van der Waals surface area contributed by atoms with Gasteiger partial charge in [0.15, 0.2) is 0 Å². The molecule has 1 saturated heterocycles. The SMILES string of the molecule is CCCN(CCN(C)C)S(=O)(=O)C1CCCNC1. The highest BCUT2D eigenvalue weighted by Crippen LogP contribution is 2.16. The van der Waals surface area contributed by atoms with Gasteiger partial charge in [-0.1, -0.05) is 6.92 Å². The summed E-state index contributed by atoms with van der Waals surface area (Å²) in [5.74, 6) is 0. The molecule has 18 heavy (non-hydrogen) atoms. The highest BCUT2D eigenvalue weighted by Gasteiger charge is 2.32. The first-order valence-corrected chi connectivity index (χ1v) is 8.33. The molecule has 0 aliphatic carbocycles. The summed E-state index contributed by atoms with van der Waals surface area (Å²) in [7, 11) is 0.805. The second-order valence-electron chi connectivity index (χ2n) is 5.22. The predicted octanol–water partition coefficient (Wildman–Crippen LogP) is 0.342. The van der Waals surface area contributed by atoms with Crippen molar-refractivity contribution >= 4 is 10.0 Å². The quantitative estimate of drug-likeness (QED) is 0.729. The summed E-state index contributed by atoms with van der Waals surface area (Å²) in [5.41, 5.74) is 0. The van der Waals surface area contributed by atoms with E-state index in [1.54, 1.807) is 4.31 Å². The van der Waals surface area contributed by atoms with Gasteiger partial charge in [0.25, 0.3) is 0 Å². The molecule has 1 N–H and O–H groups in total. The molecule has 1 heterocycles. The summed E-state index contributed by atoms with van der Waals surface area (Å²) in [6, 6.07) is 0. The van der Waals surface area contributed by atoms with Gasteiger partial charge < -0.3 is 10.2 Å². The Kier molecular flexibility index (Phi) is 6.55. The molecule has 1 aliphatic rings. The van der Waals surface area contributed by atoms with Crippen molar-refractivity contribution in [3.05, 3.63) is 0 Å². The topological polar surface area (TPSA) is 52.7 Å². The summed E-state index contributed by atoms with van der Waals surface area (Å²) < 4.78 is 26.8. The highest BCUT2D eigenvalue weighted by atomic mass is 32.2. The zero-order chi connectivity index (χ0) is 13.6. The van der Waals surface area contributed by atoms with Crippen molar-refractivity contribution in [1.82, 2.24) is 14.5 Å². The van der Waals surface area contributed by atoms with Crippen molar-refractivity contribution in [2.24, 2.45) is 0 Å². The van der Waals surface area contributed by atoms with E-state index < -0.39 is 10.0 Å². The van der Waals surface area contributed by atoms with Crippen LogP contribution >= 0.6 is 0 Å². The third kappa shape index (κ3) is 4.50. The summed E-state index contributed by atoms with van der Waals surface area (Å²) in [6.45, 7) is 5.57. The first-order valence-electron chi connectivity index (χ1n) is 6.83. The number of nitrogens with zero attached hydrogens (tertiary/aromatic N) is 2. The van der Waals surface area contributed by atoms with Crippen LogP contribution in [0.25, 0.3) is 0 Å². The average Bonchev–Trinajstić information content (AvgIpc) is 2.35. The van der Waals surface area contributed by atoms with Gasteiger partial charge in [-0.25, -0.2) is 12.7 Å². The maximum absolute atomic E-state index is 12.6. The number of rotatable bonds is 7. The van der Waals surface area contributed by atoms with Crippen LogP contribution < -0.4 is 5.32 Å². The minimum absolute atomic E-state index is 0.236. The normalized spacial score (nSPS) is 21.7. The zero-order valence-electron chi connectivity index (χ0n) is 11.9. The van der Waals surface area contributed by atoms with E-state index in [0.717, 1.165) is 32.4 Å². The molecule has 1 aliphatic heterocycles. The molecule has 0 radical (unpaired) electrons. The summed E-state index contributed by atoms with van der Waals surface area (Å²) in [6.07, 6.45) is 2.61. The van der Waals surface area contributed by atoms with Crippen LogP contribution in [0.3, 0.4) is 0 Å². The molecule has 1 unspecified atom stereocenters. The minimum Gasteiger partial charge on any atom is -0.315 e. The van der Waals surface area contributed by atoms with Crippen LogP contribution in [0.5, 0.6) is 0 Å². The Morgan fingerprint density at radius 1 is 1.22 bits per heavy atom. The lowest BCUT2D eigenvalue weighted by atomic mass is 10.2. The third-order valence-corrected chi connectivity index (χ3v) is 5.63. The lowest BCUT2D eigenvalue weighted by Crippen LogP contribution is -2.48. The third-order valence-electron chi connectivity index (χ3n) is 3.30. The Morgan fingerprint density at radius 3 is 2.44 bits per heavy atom. The fraction of sp³-hybridized carbons (Fsp3) is 1.00. The number of piperidine rings is 1. The minimum atomic E-state index is -3.14. The summed E-state index contributed by atoms with van der Waals surface area (Å²) in [4.78, 5) is 2.03. The fourth-order valence-electron chi connectivity index (χ4n) is 2.21. The van der Waals surface area contributed by atoms with Gasteiger partial charge in [0.1, 0.15) is 0 Å². The van der Waals surface area contributed by atoms with Gasteiger partial charge in [-0.05, 0) is 39.9 Å². The Bertz CT molecular complexity index is 324. The molecule has 1 rings (SSSR count). The van der Waals surface area contributed by atoms with E-state index in [0.29, 0.717) is 19.6 Å². The molecule has 0 aromatic heterocycles. The van der Waals surface area contributed by atoms with E-state index >= 15 is 0 Å².